The topological polar surface area (TPSA) is 140 Å². The molecule has 3 aliphatic rings. The Balaban J connectivity index is 1.44. The second-order valence-corrected chi connectivity index (χ2v) is 16.2. The number of alkyl carbamates (subject to hydrolysis) is 1. The number of benzene rings is 1. The third kappa shape index (κ3) is 8.72. The average molecular weight is 748 g/mol. The number of aliphatic imine (C=N–C) groups is 1. The SMILES string of the molecule is CCn1c(-c2cccnc2[C@H](C)OC)c2c3cc(ccc31)C1CSC(=N1)C[C@H](NC(=O)OCCN(C)C)C(=O)N1CCC[C@H](N1)C(=O)OCC(C)(C)C2. The lowest BCUT2D eigenvalue weighted by Gasteiger charge is -2.35. The number of rotatable bonds is 8. The number of methoxy groups -OCH3 is 1. The summed E-state index contributed by atoms with van der Waals surface area (Å²) in [5, 5.41) is 6.14. The first-order valence-corrected chi connectivity index (χ1v) is 19.5. The van der Waals surface area contributed by atoms with Gasteiger partial charge in [-0.15, -0.1) is 11.8 Å². The number of amides is 2. The number of aromatic nitrogens is 2. The Hall–Kier alpha value is -3.98. The van der Waals surface area contributed by atoms with E-state index in [1.165, 1.54) is 5.01 Å². The smallest absolute Gasteiger partial charge is 0.407 e. The van der Waals surface area contributed by atoms with Crippen molar-refractivity contribution in [1.82, 2.24) is 30.2 Å². The molecule has 5 heterocycles. The van der Waals surface area contributed by atoms with Gasteiger partial charge < -0.3 is 29.0 Å². The van der Waals surface area contributed by atoms with Gasteiger partial charge in [0.15, 0.2) is 0 Å². The van der Waals surface area contributed by atoms with Crippen LogP contribution in [-0.4, -0.2) is 108 Å². The zero-order valence-electron chi connectivity index (χ0n) is 31.9. The van der Waals surface area contributed by atoms with Crippen LogP contribution in [0.1, 0.15) is 75.9 Å². The minimum atomic E-state index is -0.939. The van der Waals surface area contributed by atoms with Crippen molar-refractivity contribution in [3.63, 3.8) is 0 Å². The second-order valence-electron chi connectivity index (χ2n) is 15.1. The van der Waals surface area contributed by atoms with E-state index in [9.17, 15) is 14.4 Å². The first kappa shape index (κ1) is 38.7. The first-order chi connectivity index (χ1) is 25.4. The molecule has 4 atom stereocenters. The molecule has 0 spiro atoms. The summed E-state index contributed by atoms with van der Waals surface area (Å²) in [6.45, 7) is 10.4. The van der Waals surface area contributed by atoms with Crippen molar-refractivity contribution in [1.29, 1.82) is 0 Å². The Bertz CT molecular complexity index is 1860. The van der Waals surface area contributed by atoms with Gasteiger partial charge in [0.25, 0.3) is 5.91 Å². The molecular formula is C39H53N7O6S. The van der Waals surface area contributed by atoms with Gasteiger partial charge in [-0.05, 0) is 82.6 Å². The molecule has 13 nitrogen and oxygen atoms in total. The van der Waals surface area contributed by atoms with Crippen molar-refractivity contribution in [2.45, 2.75) is 84.2 Å². The van der Waals surface area contributed by atoms with Crippen LogP contribution in [-0.2, 0) is 36.8 Å². The highest BCUT2D eigenvalue weighted by molar-refractivity contribution is 8.14. The van der Waals surface area contributed by atoms with Gasteiger partial charge in [-0.25, -0.2) is 10.2 Å². The maximum atomic E-state index is 14.0. The van der Waals surface area contributed by atoms with E-state index in [-0.39, 0.29) is 37.7 Å². The number of carbonyl (C=O) groups is 3. The number of hydrogen-bond donors (Lipinski definition) is 2. The Morgan fingerprint density at radius 2 is 2.06 bits per heavy atom. The lowest BCUT2D eigenvalue weighted by atomic mass is 9.84. The fourth-order valence-electron chi connectivity index (χ4n) is 7.30. The largest absolute Gasteiger partial charge is 0.464 e. The molecule has 1 unspecified atom stereocenters. The third-order valence-corrected chi connectivity index (χ3v) is 11.3. The van der Waals surface area contributed by atoms with Gasteiger partial charge in [0.05, 0.1) is 35.2 Å². The van der Waals surface area contributed by atoms with E-state index in [4.69, 9.17) is 24.2 Å². The summed E-state index contributed by atoms with van der Waals surface area (Å²) in [4.78, 5) is 52.4. The molecule has 14 heteroatoms. The summed E-state index contributed by atoms with van der Waals surface area (Å²) in [5.41, 5.74) is 8.95. The van der Waals surface area contributed by atoms with Gasteiger partial charge >= 0.3 is 12.1 Å². The molecule has 3 aliphatic heterocycles. The number of hydrazine groups is 1. The molecule has 1 saturated heterocycles. The molecule has 1 aromatic carbocycles. The summed E-state index contributed by atoms with van der Waals surface area (Å²) in [7, 11) is 5.48. The zero-order valence-corrected chi connectivity index (χ0v) is 32.8. The van der Waals surface area contributed by atoms with E-state index in [0.29, 0.717) is 38.1 Å². The highest BCUT2D eigenvalue weighted by atomic mass is 32.2. The minimum Gasteiger partial charge on any atom is -0.464 e. The minimum absolute atomic E-state index is 0.128. The van der Waals surface area contributed by atoms with Crippen molar-refractivity contribution in [2.75, 3.05) is 53.3 Å². The molecule has 6 bridgehead atoms. The lowest BCUT2D eigenvalue weighted by Crippen LogP contribution is -2.60. The molecule has 0 radical (unpaired) electrons. The molecule has 2 amide bonds. The number of nitrogens with zero attached hydrogens (tertiary/aromatic N) is 5. The number of carbonyl (C=O) groups excluding carboxylic acids is 3. The van der Waals surface area contributed by atoms with Crippen LogP contribution in [0.4, 0.5) is 4.79 Å². The molecule has 0 saturated carbocycles. The molecule has 1 fully saturated rings. The van der Waals surface area contributed by atoms with E-state index in [1.54, 1.807) is 25.1 Å². The van der Waals surface area contributed by atoms with Crippen LogP contribution in [0.2, 0.25) is 0 Å². The number of cyclic esters (lactones) is 1. The fraction of sp³-hybridized carbons (Fsp3) is 0.564. The van der Waals surface area contributed by atoms with Crippen LogP contribution in [0.25, 0.3) is 22.2 Å². The number of pyridine rings is 1. The van der Waals surface area contributed by atoms with Gasteiger partial charge in [-0.2, -0.15) is 0 Å². The normalized spacial score (nSPS) is 22.7. The van der Waals surface area contributed by atoms with Crippen LogP contribution >= 0.6 is 11.8 Å². The van der Waals surface area contributed by atoms with Crippen molar-refractivity contribution >= 4 is 45.7 Å². The van der Waals surface area contributed by atoms with Crippen LogP contribution in [0, 0.1) is 5.41 Å². The number of fused-ring (bicyclic) bond motifs is 5. The number of esters is 1. The summed E-state index contributed by atoms with van der Waals surface area (Å²) in [6, 6.07) is 8.89. The predicted octanol–water partition coefficient (Wildman–Crippen LogP) is 5.28. The van der Waals surface area contributed by atoms with Gasteiger partial charge in [0.1, 0.15) is 18.7 Å². The van der Waals surface area contributed by atoms with Gasteiger partial charge in [-0.3, -0.25) is 24.6 Å². The predicted molar refractivity (Wildman–Crippen MR) is 207 cm³/mol. The molecule has 2 aromatic heterocycles. The van der Waals surface area contributed by atoms with Gasteiger partial charge in [-0.1, -0.05) is 19.9 Å². The maximum absolute atomic E-state index is 14.0. The standard InChI is InChI=1S/C39H53N7O6S/c1-8-45-32-14-13-25-19-27(32)28(35(45)26-11-9-15-40-34(26)24(2)50-7)21-39(3,4)23-52-37(48)29-12-10-16-46(43-29)36(47)30(20-33-41-31(25)22-53-33)42-38(49)51-18-17-44(5)6/h9,11,13-15,19,24,29-31,43H,8,10,12,16-18,20-23H2,1-7H3,(H,42,49)/t24-,29-,30-,31?/m0/s1. The number of hydrogen-bond acceptors (Lipinski definition) is 11. The summed E-state index contributed by atoms with van der Waals surface area (Å²) in [5.74, 6) is -0.0519. The number of likely N-dealkylation sites (N-methyl/N-ethyl adjacent to an activating group) is 1. The highest BCUT2D eigenvalue weighted by Crippen LogP contribution is 2.42. The molecular weight excluding hydrogens is 695 g/mol. The van der Waals surface area contributed by atoms with E-state index < -0.39 is 29.6 Å². The van der Waals surface area contributed by atoms with Crippen LogP contribution < -0.4 is 10.7 Å². The molecule has 2 N–H and O–H groups in total. The number of aryl methyl sites for hydroxylation is 1. The van der Waals surface area contributed by atoms with Crippen LogP contribution in [0.5, 0.6) is 0 Å². The second kappa shape index (κ2) is 16.6. The van der Waals surface area contributed by atoms with E-state index in [2.05, 4.69) is 60.3 Å². The third-order valence-electron chi connectivity index (χ3n) is 10.2. The van der Waals surface area contributed by atoms with E-state index in [0.717, 1.165) is 50.6 Å². The Kier molecular flexibility index (Phi) is 12.1. The van der Waals surface area contributed by atoms with Crippen molar-refractivity contribution in [2.24, 2.45) is 10.4 Å². The summed E-state index contributed by atoms with van der Waals surface area (Å²) in [6.07, 6.45) is 2.88. The van der Waals surface area contributed by atoms with Crippen LogP contribution in [0.15, 0.2) is 41.5 Å². The van der Waals surface area contributed by atoms with E-state index in [1.807, 2.05) is 32.0 Å². The summed E-state index contributed by atoms with van der Waals surface area (Å²) >= 11 is 1.60. The first-order valence-electron chi connectivity index (χ1n) is 18.5. The quantitative estimate of drug-likeness (QED) is 0.293. The van der Waals surface area contributed by atoms with Gasteiger partial charge in [0.2, 0.25) is 0 Å². The molecule has 286 valence electrons. The monoisotopic (exact) mass is 747 g/mol. The molecule has 53 heavy (non-hydrogen) atoms. The summed E-state index contributed by atoms with van der Waals surface area (Å²) < 4.78 is 19.6. The van der Waals surface area contributed by atoms with Crippen molar-refractivity contribution in [3.8, 4) is 11.3 Å². The van der Waals surface area contributed by atoms with Gasteiger partial charge in [0, 0.05) is 67.0 Å². The number of nitrogens with one attached hydrogen (secondary N) is 2. The van der Waals surface area contributed by atoms with E-state index >= 15 is 0 Å². The van der Waals surface area contributed by atoms with Crippen molar-refractivity contribution < 1.29 is 28.6 Å². The van der Waals surface area contributed by atoms with Crippen molar-refractivity contribution in [3.05, 3.63) is 53.3 Å². The maximum Gasteiger partial charge on any atom is 0.407 e. The Morgan fingerprint density at radius 3 is 2.81 bits per heavy atom. The Labute approximate surface area is 316 Å². The zero-order chi connectivity index (χ0) is 37.9. The molecule has 3 aromatic rings. The van der Waals surface area contributed by atoms with Crippen LogP contribution in [0.3, 0.4) is 0 Å². The fourth-order valence-corrected chi connectivity index (χ4v) is 8.41. The average Bonchev–Trinajstić information content (AvgIpc) is 3.74. The molecule has 6 rings (SSSR count). The number of thioether (sulfide) groups is 1. The highest BCUT2D eigenvalue weighted by Gasteiger charge is 2.37. The number of ether oxygens (including phenoxy) is 3. The molecule has 0 aliphatic carbocycles. The Morgan fingerprint density at radius 1 is 1.25 bits per heavy atom. The lowest BCUT2D eigenvalue weighted by molar-refractivity contribution is -0.155.